The van der Waals surface area contributed by atoms with Crippen LogP contribution in [0.4, 0.5) is 18.9 Å². The predicted octanol–water partition coefficient (Wildman–Crippen LogP) is 5.05. The third-order valence-corrected chi connectivity index (χ3v) is 3.91. The van der Waals surface area contributed by atoms with Gasteiger partial charge in [0.2, 0.25) is 0 Å². The summed E-state index contributed by atoms with van der Waals surface area (Å²) >= 11 is 11.7. The molecule has 0 aromatic heterocycles. The number of nitrogens with one attached hydrogen (secondary N) is 1. The summed E-state index contributed by atoms with van der Waals surface area (Å²) in [7, 11) is 1.46. The van der Waals surface area contributed by atoms with E-state index in [2.05, 4.69) is 5.32 Å². The highest BCUT2D eigenvalue weighted by molar-refractivity contribution is 6.35. The molecule has 0 heterocycles. The molecule has 0 aliphatic rings. The first-order chi connectivity index (χ1) is 13.2. The van der Waals surface area contributed by atoms with Crippen molar-refractivity contribution in [2.45, 2.75) is 6.18 Å². The van der Waals surface area contributed by atoms with Crippen molar-refractivity contribution in [3.63, 3.8) is 0 Å². The molecule has 0 aliphatic heterocycles. The lowest BCUT2D eigenvalue weighted by Crippen LogP contribution is -2.21. The van der Waals surface area contributed by atoms with Gasteiger partial charge in [0, 0.05) is 12.1 Å². The molecular weight excluding hydrogens is 422 g/mol. The van der Waals surface area contributed by atoms with Gasteiger partial charge in [-0.2, -0.15) is 13.2 Å². The normalized spacial score (nSPS) is 11.2. The minimum Gasteiger partial charge on any atom is -0.489 e. The van der Waals surface area contributed by atoms with Crippen molar-refractivity contribution in [3.8, 4) is 11.5 Å². The molecule has 0 spiro atoms. The number of amides is 1. The van der Waals surface area contributed by atoms with Crippen LogP contribution in [0.5, 0.6) is 11.5 Å². The number of hydrogen-bond acceptors (Lipinski definition) is 4. The van der Waals surface area contributed by atoms with Gasteiger partial charge in [-0.3, -0.25) is 4.79 Å². The predicted molar refractivity (Wildman–Crippen MR) is 99.4 cm³/mol. The van der Waals surface area contributed by atoms with Gasteiger partial charge in [-0.25, -0.2) is 0 Å². The molecule has 0 saturated carbocycles. The van der Waals surface area contributed by atoms with Crippen LogP contribution in [0.15, 0.2) is 36.4 Å². The summed E-state index contributed by atoms with van der Waals surface area (Å²) in [6, 6.07) is 7.21. The van der Waals surface area contributed by atoms with Gasteiger partial charge in [0.15, 0.2) is 6.61 Å². The highest BCUT2D eigenvalue weighted by Crippen LogP contribution is 2.35. The molecular formula is C18H16Cl2F3NO4. The third-order valence-electron chi connectivity index (χ3n) is 3.38. The summed E-state index contributed by atoms with van der Waals surface area (Å²) in [6.07, 6.45) is -4.57. The van der Waals surface area contributed by atoms with Crippen molar-refractivity contribution >= 4 is 34.8 Å². The Labute approximate surface area is 169 Å². The molecule has 0 unspecified atom stereocenters. The van der Waals surface area contributed by atoms with Crippen LogP contribution in [-0.2, 0) is 15.7 Å². The minimum absolute atomic E-state index is 0.0722. The van der Waals surface area contributed by atoms with Crippen LogP contribution in [0.25, 0.3) is 0 Å². The highest BCUT2D eigenvalue weighted by atomic mass is 35.5. The second-order valence-electron chi connectivity index (χ2n) is 5.46. The summed E-state index contributed by atoms with van der Waals surface area (Å²) < 4.78 is 54.4. The highest BCUT2D eigenvalue weighted by Gasteiger charge is 2.31. The number of methoxy groups -OCH3 is 1. The van der Waals surface area contributed by atoms with E-state index in [1.54, 1.807) is 0 Å². The zero-order valence-electron chi connectivity index (χ0n) is 14.6. The minimum atomic E-state index is -4.57. The fraction of sp³-hybridized carbons (Fsp3) is 0.278. The van der Waals surface area contributed by atoms with Crippen LogP contribution in [-0.4, -0.2) is 32.8 Å². The van der Waals surface area contributed by atoms with Gasteiger partial charge in [0.05, 0.1) is 22.9 Å². The number of benzene rings is 2. The van der Waals surface area contributed by atoms with Crippen molar-refractivity contribution in [2.75, 3.05) is 32.2 Å². The van der Waals surface area contributed by atoms with Gasteiger partial charge < -0.3 is 19.5 Å². The molecule has 2 aromatic rings. The number of rotatable bonds is 8. The van der Waals surface area contributed by atoms with Gasteiger partial charge in [0.1, 0.15) is 18.1 Å². The maximum Gasteiger partial charge on any atom is 0.416 e. The van der Waals surface area contributed by atoms with E-state index >= 15 is 0 Å². The lowest BCUT2D eigenvalue weighted by Gasteiger charge is -2.15. The van der Waals surface area contributed by atoms with Gasteiger partial charge in [-0.1, -0.05) is 23.2 Å². The number of ether oxygens (including phenoxy) is 3. The van der Waals surface area contributed by atoms with Crippen molar-refractivity contribution in [1.82, 2.24) is 0 Å². The molecule has 28 heavy (non-hydrogen) atoms. The average molecular weight is 438 g/mol. The number of anilines is 1. The standard InChI is InChI=1S/C18H16Cl2F3NO4/c1-26-6-7-27-16-4-2-11(18(21,22)23)8-14(16)24-17(25)10-28-15-5-3-12(19)9-13(15)20/h2-5,8-9H,6-7,10H2,1H3,(H,24,25). The van der Waals surface area contributed by atoms with E-state index in [4.69, 9.17) is 37.4 Å². The van der Waals surface area contributed by atoms with Crippen molar-refractivity contribution in [1.29, 1.82) is 0 Å². The molecule has 0 bridgehead atoms. The first-order valence-corrected chi connectivity index (χ1v) is 8.67. The second kappa shape index (κ2) is 9.86. The Morgan fingerprint density at radius 3 is 2.39 bits per heavy atom. The monoisotopic (exact) mass is 437 g/mol. The lowest BCUT2D eigenvalue weighted by atomic mass is 10.1. The molecule has 2 aromatic carbocycles. The van der Waals surface area contributed by atoms with E-state index in [0.717, 1.165) is 18.2 Å². The molecule has 2 rings (SSSR count). The summed E-state index contributed by atoms with van der Waals surface area (Å²) in [4.78, 5) is 12.1. The fourth-order valence-corrected chi connectivity index (χ4v) is 2.55. The number of carbonyl (C=O) groups excluding carboxylic acids is 1. The molecule has 0 aliphatic carbocycles. The van der Waals surface area contributed by atoms with E-state index in [0.29, 0.717) is 5.02 Å². The van der Waals surface area contributed by atoms with Crippen LogP contribution >= 0.6 is 23.2 Å². The molecule has 0 radical (unpaired) electrons. The summed E-state index contributed by atoms with van der Waals surface area (Å²) in [6.45, 7) is -0.149. The summed E-state index contributed by atoms with van der Waals surface area (Å²) in [5, 5.41) is 2.94. The zero-order chi connectivity index (χ0) is 20.7. The first-order valence-electron chi connectivity index (χ1n) is 7.91. The number of hydrogen-bond donors (Lipinski definition) is 1. The molecule has 1 amide bonds. The molecule has 1 N–H and O–H groups in total. The van der Waals surface area contributed by atoms with E-state index in [9.17, 15) is 18.0 Å². The van der Waals surface area contributed by atoms with Gasteiger partial charge in [-0.05, 0) is 36.4 Å². The van der Waals surface area contributed by atoms with Crippen LogP contribution in [0.1, 0.15) is 5.56 Å². The Morgan fingerprint density at radius 2 is 1.75 bits per heavy atom. The van der Waals surface area contributed by atoms with E-state index in [1.165, 1.54) is 25.3 Å². The molecule has 0 saturated heterocycles. The lowest BCUT2D eigenvalue weighted by molar-refractivity contribution is -0.137. The van der Waals surface area contributed by atoms with E-state index in [1.807, 2.05) is 0 Å². The van der Waals surface area contributed by atoms with Gasteiger partial charge in [-0.15, -0.1) is 0 Å². The smallest absolute Gasteiger partial charge is 0.416 e. The van der Waals surface area contributed by atoms with Crippen molar-refractivity contribution in [2.24, 2.45) is 0 Å². The SMILES string of the molecule is COCCOc1ccc(C(F)(F)F)cc1NC(=O)COc1ccc(Cl)cc1Cl. The maximum atomic E-state index is 13.0. The Bertz CT molecular complexity index is 831. The van der Waals surface area contributed by atoms with Crippen LogP contribution < -0.4 is 14.8 Å². The second-order valence-corrected chi connectivity index (χ2v) is 6.31. The van der Waals surface area contributed by atoms with Gasteiger partial charge in [0.25, 0.3) is 5.91 Å². The van der Waals surface area contributed by atoms with Crippen molar-refractivity contribution < 1.29 is 32.2 Å². The Balaban J connectivity index is 2.11. The molecule has 10 heteroatoms. The summed E-state index contributed by atoms with van der Waals surface area (Å²) in [5.74, 6) is -0.410. The van der Waals surface area contributed by atoms with Crippen molar-refractivity contribution in [3.05, 3.63) is 52.0 Å². The molecule has 5 nitrogen and oxygen atoms in total. The van der Waals surface area contributed by atoms with E-state index in [-0.39, 0.29) is 35.4 Å². The maximum absolute atomic E-state index is 13.0. The number of halogens is 5. The average Bonchev–Trinajstić information content (AvgIpc) is 2.61. The van der Waals surface area contributed by atoms with Crippen LogP contribution in [0.2, 0.25) is 10.0 Å². The Morgan fingerprint density at radius 1 is 1.04 bits per heavy atom. The third kappa shape index (κ3) is 6.47. The zero-order valence-corrected chi connectivity index (χ0v) is 16.1. The molecule has 152 valence electrons. The van der Waals surface area contributed by atoms with Crippen LogP contribution in [0.3, 0.4) is 0 Å². The Hall–Kier alpha value is -2.16. The molecule has 0 atom stereocenters. The number of alkyl halides is 3. The van der Waals surface area contributed by atoms with Gasteiger partial charge >= 0.3 is 6.18 Å². The quantitative estimate of drug-likeness (QED) is 0.586. The van der Waals surface area contributed by atoms with E-state index < -0.39 is 24.3 Å². The number of carbonyl (C=O) groups is 1. The topological polar surface area (TPSA) is 56.8 Å². The first kappa shape index (κ1) is 22.1. The fourth-order valence-electron chi connectivity index (χ4n) is 2.09. The Kier molecular flexibility index (Phi) is 7.79. The largest absolute Gasteiger partial charge is 0.489 e. The summed E-state index contributed by atoms with van der Waals surface area (Å²) in [5.41, 5.74) is -1.06. The molecule has 0 fully saturated rings. The van der Waals surface area contributed by atoms with Crippen LogP contribution in [0, 0.1) is 0 Å².